The van der Waals surface area contributed by atoms with Crippen molar-refractivity contribution in [1.29, 1.82) is 0 Å². The molecule has 3 N–H and O–H groups in total. The Balaban J connectivity index is 1.81. The van der Waals surface area contributed by atoms with E-state index in [4.69, 9.17) is 9.47 Å². The van der Waals surface area contributed by atoms with Gasteiger partial charge in [0.2, 0.25) is 5.91 Å². The van der Waals surface area contributed by atoms with E-state index in [1.165, 1.54) is 19.5 Å². The minimum absolute atomic E-state index is 0.139. The molecule has 0 spiro atoms. The van der Waals surface area contributed by atoms with Crippen LogP contribution in [0.5, 0.6) is 11.5 Å². The van der Waals surface area contributed by atoms with Gasteiger partial charge in [-0.15, -0.1) is 0 Å². The minimum atomic E-state index is -2.78. The lowest BCUT2D eigenvalue weighted by molar-refractivity contribution is -0.154. The van der Waals surface area contributed by atoms with E-state index in [-0.39, 0.29) is 17.1 Å². The van der Waals surface area contributed by atoms with Gasteiger partial charge < -0.3 is 25.0 Å². The number of methoxy groups -OCH3 is 1. The van der Waals surface area contributed by atoms with Crippen molar-refractivity contribution in [1.82, 2.24) is 10.3 Å². The van der Waals surface area contributed by atoms with Crippen LogP contribution < -0.4 is 14.8 Å². The van der Waals surface area contributed by atoms with Crippen molar-refractivity contribution >= 4 is 21.8 Å². The van der Waals surface area contributed by atoms with Gasteiger partial charge in [-0.1, -0.05) is 58.4 Å². The molecule has 10 heteroatoms. The van der Waals surface area contributed by atoms with E-state index in [0.29, 0.717) is 11.1 Å². The maximum atomic E-state index is 13.4. The molecular formula is C26H23BrF2N2O5. The number of amides is 1. The predicted molar refractivity (Wildman–Crippen MR) is 129 cm³/mol. The van der Waals surface area contributed by atoms with E-state index >= 15 is 0 Å². The molecule has 7 nitrogen and oxygen atoms in total. The molecule has 1 aliphatic carbocycles. The third-order valence-corrected chi connectivity index (χ3v) is 7.57. The van der Waals surface area contributed by atoms with Gasteiger partial charge in [0.1, 0.15) is 17.6 Å². The Morgan fingerprint density at radius 1 is 1.19 bits per heavy atom. The lowest BCUT2D eigenvalue weighted by Crippen LogP contribution is -2.52. The van der Waals surface area contributed by atoms with E-state index in [9.17, 15) is 23.8 Å². The Hall–Kier alpha value is -3.08. The van der Waals surface area contributed by atoms with Gasteiger partial charge in [0.15, 0.2) is 11.2 Å². The van der Waals surface area contributed by atoms with Crippen LogP contribution in [0.3, 0.4) is 0 Å². The number of hydrogen-bond acceptors (Lipinski definition) is 6. The predicted octanol–water partition coefficient (Wildman–Crippen LogP) is 3.48. The fourth-order valence-electron chi connectivity index (χ4n) is 5.68. The van der Waals surface area contributed by atoms with Crippen molar-refractivity contribution in [2.45, 2.75) is 29.6 Å². The Morgan fingerprint density at radius 3 is 2.53 bits per heavy atom. The largest absolute Gasteiger partial charge is 0.495 e. The van der Waals surface area contributed by atoms with Crippen molar-refractivity contribution in [3.8, 4) is 11.5 Å². The van der Waals surface area contributed by atoms with Crippen LogP contribution >= 0.6 is 15.9 Å². The zero-order valence-electron chi connectivity index (χ0n) is 19.1. The fourth-order valence-corrected chi connectivity index (χ4v) is 5.94. The molecule has 188 valence electrons. The number of aliphatic hydroxyl groups is 2. The molecule has 2 aromatic carbocycles. The van der Waals surface area contributed by atoms with Crippen LogP contribution in [-0.2, 0) is 16.0 Å². The molecule has 5 rings (SSSR count). The van der Waals surface area contributed by atoms with Crippen LogP contribution in [0.4, 0.5) is 8.78 Å². The maximum Gasteiger partial charge on any atom is 0.255 e. The second-order valence-electron chi connectivity index (χ2n) is 8.82. The first-order valence-electron chi connectivity index (χ1n) is 11.2. The lowest BCUT2D eigenvalue weighted by atomic mass is 9.70. The second kappa shape index (κ2) is 9.10. The zero-order valence-corrected chi connectivity index (χ0v) is 20.7. The first kappa shape index (κ1) is 24.6. The number of hydrogen-bond donors (Lipinski definition) is 3. The van der Waals surface area contributed by atoms with Gasteiger partial charge in [0, 0.05) is 10.4 Å². The van der Waals surface area contributed by atoms with Gasteiger partial charge in [-0.05, 0) is 23.3 Å². The third-order valence-electron chi connectivity index (χ3n) is 7.04. The van der Waals surface area contributed by atoms with Crippen LogP contribution in [0, 0.1) is 5.92 Å². The molecule has 2 heterocycles. The van der Waals surface area contributed by atoms with E-state index < -0.39 is 48.0 Å². The molecule has 1 aliphatic heterocycles. The smallest absolute Gasteiger partial charge is 0.255 e. The van der Waals surface area contributed by atoms with Crippen LogP contribution in [0.2, 0.25) is 0 Å². The van der Waals surface area contributed by atoms with E-state index in [0.717, 1.165) is 4.47 Å². The quantitative estimate of drug-likeness (QED) is 0.426. The molecule has 1 amide bonds. The number of benzene rings is 2. The summed E-state index contributed by atoms with van der Waals surface area (Å²) in [6.45, 7) is -0.891. The summed E-state index contributed by atoms with van der Waals surface area (Å²) in [5, 5.41) is 26.5. The number of nitrogens with zero attached hydrogens (tertiary/aromatic N) is 1. The molecule has 0 bridgehead atoms. The normalized spacial score (nSPS) is 28.4. The van der Waals surface area contributed by atoms with E-state index in [1.807, 2.05) is 0 Å². The first-order valence-corrected chi connectivity index (χ1v) is 12.0. The first-order chi connectivity index (χ1) is 17.3. The van der Waals surface area contributed by atoms with E-state index in [1.54, 1.807) is 54.6 Å². The molecule has 2 aliphatic rings. The van der Waals surface area contributed by atoms with Gasteiger partial charge in [-0.2, -0.15) is 0 Å². The molecule has 1 fully saturated rings. The number of rotatable bonds is 6. The van der Waals surface area contributed by atoms with Crippen LogP contribution in [0.25, 0.3) is 0 Å². The minimum Gasteiger partial charge on any atom is -0.495 e. The van der Waals surface area contributed by atoms with Gasteiger partial charge in [0.25, 0.3) is 6.43 Å². The molecule has 36 heavy (non-hydrogen) atoms. The van der Waals surface area contributed by atoms with Crippen LogP contribution in [0.1, 0.15) is 22.6 Å². The number of carbonyl (C=O) groups excluding carboxylic acids is 1. The van der Waals surface area contributed by atoms with E-state index in [2.05, 4.69) is 26.2 Å². The highest BCUT2D eigenvalue weighted by Gasteiger charge is 2.78. The summed E-state index contributed by atoms with van der Waals surface area (Å²) in [7, 11) is 1.39. The molecule has 0 saturated heterocycles. The highest BCUT2D eigenvalue weighted by Crippen LogP contribution is 2.69. The molecule has 3 aromatic rings. The monoisotopic (exact) mass is 560 g/mol. The number of halogens is 3. The molecule has 0 radical (unpaired) electrons. The van der Waals surface area contributed by atoms with Gasteiger partial charge in [0.05, 0.1) is 37.5 Å². The van der Waals surface area contributed by atoms with Gasteiger partial charge in [-0.25, -0.2) is 8.78 Å². The van der Waals surface area contributed by atoms with Gasteiger partial charge >= 0.3 is 0 Å². The summed E-state index contributed by atoms with van der Waals surface area (Å²) in [5.41, 5.74) is -2.73. The second-order valence-corrected chi connectivity index (χ2v) is 9.74. The van der Waals surface area contributed by atoms with Gasteiger partial charge in [-0.3, -0.25) is 9.78 Å². The third kappa shape index (κ3) is 3.42. The van der Waals surface area contributed by atoms with Crippen molar-refractivity contribution in [2.75, 3.05) is 13.7 Å². The number of fused-ring (bicyclic) bond motifs is 3. The number of nitrogens with one attached hydrogen (secondary N) is 1. The Morgan fingerprint density at radius 2 is 1.89 bits per heavy atom. The standard InChI is InChI=1S/C26H23BrF2N2O5/c1-35-17-11-30-12-18-22(17)25(34)23(32)20(24(33)31-13-19(28)29)21(14-5-3-2-4-6-14)26(25,36-18)15-7-9-16(27)10-8-15/h2-12,19-21,23,32,34H,13H2,1H3,(H,31,33). The van der Waals surface area contributed by atoms with Crippen molar-refractivity contribution in [2.24, 2.45) is 5.92 Å². The Labute approximate surface area is 214 Å². The number of ether oxygens (including phenoxy) is 2. The summed E-state index contributed by atoms with van der Waals surface area (Å²) in [5.74, 6) is -2.80. The number of aliphatic hydroxyl groups excluding tert-OH is 1. The topological polar surface area (TPSA) is 101 Å². The lowest BCUT2D eigenvalue weighted by Gasteiger charge is -2.40. The summed E-state index contributed by atoms with van der Waals surface area (Å²) in [4.78, 5) is 17.5. The SMILES string of the molecule is COc1cncc2c1C1(O)C(O)C(C(=O)NCC(F)F)C(c3ccccc3)C1(c1ccc(Br)cc1)O2. The summed E-state index contributed by atoms with van der Waals surface area (Å²) in [6.07, 6.45) is -1.74. The van der Waals surface area contributed by atoms with Crippen LogP contribution in [0.15, 0.2) is 71.5 Å². The fraction of sp³-hybridized carbons (Fsp3) is 0.308. The highest BCUT2D eigenvalue weighted by molar-refractivity contribution is 9.10. The molecule has 5 unspecified atom stereocenters. The average Bonchev–Trinajstić information content (AvgIpc) is 3.26. The van der Waals surface area contributed by atoms with Crippen molar-refractivity contribution < 1.29 is 33.3 Å². The molecule has 5 atom stereocenters. The summed E-state index contributed by atoms with van der Waals surface area (Å²) in [6, 6.07) is 15.8. The average molecular weight is 561 g/mol. The number of carbonyl (C=O) groups is 1. The summed E-state index contributed by atoms with van der Waals surface area (Å²) < 4.78 is 38.8. The number of alkyl halides is 2. The Bertz CT molecular complexity index is 1280. The van der Waals surface area contributed by atoms with Crippen molar-refractivity contribution in [3.63, 3.8) is 0 Å². The number of pyridine rings is 1. The molecule has 1 aromatic heterocycles. The number of aromatic nitrogens is 1. The molecule has 1 saturated carbocycles. The zero-order chi connectivity index (χ0) is 25.7. The highest BCUT2D eigenvalue weighted by atomic mass is 79.9. The van der Waals surface area contributed by atoms with Crippen LogP contribution in [-0.4, -0.2) is 47.3 Å². The molecular weight excluding hydrogens is 538 g/mol. The summed E-state index contributed by atoms with van der Waals surface area (Å²) >= 11 is 3.41. The van der Waals surface area contributed by atoms with Crippen molar-refractivity contribution in [3.05, 3.63) is 88.2 Å². The Kier molecular flexibility index (Phi) is 6.22. The maximum absolute atomic E-state index is 13.4.